The normalized spacial score (nSPS) is 17.3. The summed E-state index contributed by atoms with van der Waals surface area (Å²) in [6.07, 6.45) is 5.43. The highest BCUT2D eigenvalue weighted by atomic mass is 16.2. The number of hydrogen-bond donors (Lipinski definition) is 0. The van der Waals surface area contributed by atoms with Crippen molar-refractivity contribution in [3.05, 3.63) is 66.1 Å². The van der Waals surface area contributed by atoms with Crippen molar-refractivity contribution >= 4 is 16.8 Å². The maximum absolute atomic E-state index is 12.5. The maximum Gasteiger partial charge on any atom is 0.274 e. The molecule has 24 heavy (non-hydrogen) atoms. The molecule has 1 amide bonds. The van der Waals surface area contributed by atoms with Crippen molar-refractivity contribution in [3.8, 4) is 0 Å². The number of carbonyl (C=O) groups excluding carboxylic acids is 1. The first-order valence-electron chi connectivity index (χ1n) is 8.21. The molecule has 3 heterocycles. The van der Waals surface area contributed by atoms with Crippen LogP contribution < -0.4 is 0 Å². The standard InChI is InChI=1S/C19H18N4O/c24-19(18-6-3-9-21-22-18)23-11-8-14(13-23)12-15-7-10-20-17-5-2-1-4-16(15)17/h1-7,9-10,14H,8,11-13H2. The Labute approximate surface area is 140 Å². The molecule has 1 aliphatic heterocycles. The van der Waals surface area contributed by atoms with Gasteiger partial charge in [-0.25, -0.2) is 0 Å². The number of para-hydroxylation sites is 1. The summed E-state index contributed by atoms with van der Waals surface area (Å²) < 4.78 is 0. The van der Waals surface area contributed by atoms with E-state index in [0.29, 0.717) is 11.6 Å². The lowest BCUT2D eigenvalue weighted by atomic mass is 9.96. The number of carbonyl (C=O) groups is 1. The van der Waals surface area contributed by atoms with Gasteiger partial charge in [0, 0.05) is 30.9 Å². The van der Waals surface area contributed by atoms with Gasteiger partial charge in [0.1, 0.15) is 0 Å². The van der Waals surface area contributed by atoms with E-state index < -0.39 is 0 Å². The van der Waals surface area contributed by atoms with Gasteiger partial charge in [0.25, 0.3) is 5.91 Å². The average molecular weight is 318 g/mol. The van der Waals surface area contributed by atoms with E-state index in [0.717, 1.165) is 31.4 Å². The van der Waals surface area contributed by atoms with E-state index in [9.17, 15) is 4.79 Å². The summed E-state index contributed by atoms with van der Waals surface area (Å²) in [5.41, 5.74) is 2.76. The van der Waals surface area contributed by atoms with Crippen molar-refractivity contribution in [2.45, 2.75) is 12.8 Å². The van der Waals surface area contributed by atoms with Crippen molar-refractivity contribution in [1.29, 1.82) is 0 Å². The molecule has 120 valence electrons. The van der Waals surface area contributed by atoms with Crippen LogP contribution in [0.2, 0.25) is 0 Å². The van der Waals surface area contributed by atoms with Gasteiger partial charge in [0.2, 0.25) is 0 Å². The van der Waals surface area contributed by atoms with Crippen LogP contribution in [0.3, 0.4) is 0 Å². The van der Waals surface area contributed by atoms with Gasteiger partial charge in [-0.3, -0.25) is 9.78 Å². The van der Waals surface area contributed by atoms with Crippen LogP contribution in [-0.2, 0) is 6.42 Å². The third kappa shape index (κ3) is 2.85. The number of benzene rings is 1. The van der Waals surface area contributed by atoms with Crippen molar-refractivity contribution in [1.82, 2.24) is 20.1 Å². The highest BCUT2D eigenvalue weighted by Gasteiger charge is 2.28. The highest BCUT2D eigenvalue weighted by molar-refractivity contribution is 5.92. The molecular formula is C19H18N4O. The number of aromatic nitrogens is 3. The minimum Gasteiger partial charge on any atom is -0.337 e. The van der Waals surface area contributed by atoms with Crippen molar-refractivity contribution in [3.63, 3.8) is 0 Å². The third-order valence-corrected chi connectivity index (χ3v) is 4.61. The summed E-state index contributed by atoms with van der Waals surface area (Å²) in [5.74, 6) is 0.446. The van der Waals surface area contributed by atoms with Crippen LogP contribution >= 0.6 is 0 Å². The molecule has 1 atom stereocenters. The Bertz CT molecular complexity index is 860. The molecule has 2 aromatic heterocycles. The second-order valence-corrected chi connectivity index (χ2v) is 6.21. The Morgan fingerprint density at radius 1 is 1.12 bits per heavy atom. The van der Waals surface area contributed by atoms with E-state index in [1.54, 1.807) is 18.3 Å². The molecular weight excluding hydrogens is 300 g/mol. The summed E-state index contributed by atoms with van der Waals surface area (Å²) in [6.45, 7) is 1.55. The van der Waals surface area contributed by atoms with E-state index in [4.69, 9.17) is 0 Å². The Hall–Kier alpha value is -2.82. The van der Waals surface area contributed by atoms with E-state index >= 15 is 0 Å². The molecule has 1 unspecified atom stereocenters. The highest BCUT2D eigenvalue weighted by Crippen LogP contribution is 2.25. The van der Waals surface area contributed by atoms with Crippen LogP contribution in [0.25, 0.3) is 10.9 Å². The number of likely N-dealkylation sites (tertiary alicyclic amines) is 1. The zero-order valence-corrected chi connectivity index (χ0v) is 13.3. The first-order chi connectivity index (χ1) is 11.8. The first-order valence-corrected chi connectivity index (χ1v) is 8.21. The second-order valence-electron chi connectivity index (χ2n) is 6.21. The smallest absolute Gasteiger partial charge is 0.274 e. The summed E-state index contributed by atoms with van der Waals surface area (Å²) >= 11 is 0. The lowest BCUT2D eigenvalue weighted by Gasteiger charge is -2.16. The second kappa shape index (κ2) is 6.35. The zero-order chi connectivity index (χ0) is 16.4. The Morgan fingerprint density at radius 3 is 2.92 bits per heavy atom. The van der Waals surface area contributed by atoms with Gasteiger partial charge in [-0.05, 0) is 48.6 Å². The molecule has 0 spiro atoms. The summed E-state index contributed by atoms with van der Waals surface area (Å²) in [5, 5.41) is 8.92. The van der Waals surface area contributed by atoms with E-state index in [-0.39, 0.29) is 5.91 Å². The lowest BCUT2D eigenvalue weighted by Crippen LogP contribution is -2.29. The quantitative estimate of drug-likeness (QED) is 0.745. The predicted octanol–water partition coefficient (Wildman–Crippen LogP) is 2.73. The summed E-state index contributed by atoms with van der Waals surface area (Å²) in [4.78, 5) is 18.8. The lowest BCUT2D eigenvalue weighted by molar-refractivity contribution is 0.0780. The number of rotatable bonds is 3. The van der Waals surface area contributed by atoms with Gasteiger partial charge in [-0.1, -0.05) is 18.2 Å². The van der Waals surface area contributed by atoms with Crippen molar-refractivity contribution < 1.29 is 4.79 Å². The van der Waals surface area contributed by atoms with Gasteiger partial charge >= 0.3 is 0 Å². The topological polar surface area (TPSA) is 59.0 Å². The van der Waals surface area contributed by atoms with Gasteiger partial charge < -0.3 is 4.90 Å². The fourth-order valence-corrected chi connectivity index (χ4v) is 3.41. The van der Waals surface area contributed by atoms with Crippen LogP contribution in [0.5, 0.6) is 0 Å². The first kappa shape index (κ1) is 14.8. The molecule has 0 N–H and O–H groups in total. The average Bonchev–Trinajstić information content (AvgIpc) is 3.11. The van der Waals surface area contributed by atoms with Gasteiger partial charge in [-0.15, -0.1) is 5.10 Å². The molecule has 0 radical (unpaired) electrons. The molecule has 1 fully saturated rings. The number of nitrogens with zero attached hydrogens (tertiary/aromatic N) is 4. The monoisotopic (exact) mass is 318 g/mol. The summed E-state index contributed by atoms with van der Waals surface area (Å²) in [6, 6.07) is 13.8. The van der Waals surface area contributed by atoms with Gasteiger partial charge in [0.15, 0.2) is 5.69 Å². The van der Waals surface area contributed by atoms with Crippen LogP contribution in [0.1, 0.15) is 22.5 Å². The third-order valence-electron chi connectivity index (χ3n) is 4.61. The number of fused-ring (bicyclic) bond motifs is 1. The van der Waals surface area contributed by atoms with E-state index in [1.807, 2.05) is 29.3 Å². The van der Waals surface area contributed by atoms with E-state index in [2.05, 4.69) is 27.3 Å². The van der Waals surface area contributed by atoms with Crippen LogP contribution in [0.4, 0.5) is 0 Å². The largest absolute Gasteiger partial charge is 0.337 e. The Morgan fingerprint density at radius 2 is 2.04 bits per heavy atom. The minimum atomic E-state index is -0.0230. The SMILES string of the molecule is O=C(c1cccnn1)N1CCC(Cc2ccnc3ccccc23)C1. The maximum atomic E-state index is 12.5. The molecule has 0 aliphatic carbocycles. The van der Waals surface area contributed by atoms with Crippen LogP contribution in [-0.4, -0.2) is 39.1 Å². The molecule has 1 aromatic carbocycles. The predicted molar refractivity (Wildman–Crippen MR) is 91.5 cm³/mol. The molecule has 3 aromatic rings. The Kier molecular flexibility index (Phi) is 3.91. The molecule has 4 rings (SSSR count). The van der Waals surface area contributed by atoms with Gasteiger partial charge in [0.05, 0.1) is 5.52 Å². The van der Waals surface area contributed by atoms with Gasteiger partial charge in [-0.2, -0.15) is 5.10 Å². The number of amides is 1. The van der Waals surface area contributed by atoms with E-state index in [1.165, 1.54) is 10.9 Å². The van der Waals surface area contributed by atoms with Crippen LogP contribution in [0.15, 0.2) is 54.9 Å². The molecule has 0 saturated carbocycles. The fourth-order valence-electron chi connectivity index (χ4n) is 3.41. The van der Waals surface area contributed by atoms with Crippen molar-refractivity contribution in [2.75, 3.05) is 13.1 Å². The number of pyridine rings is 1. The minimum absolute atomic E-state index is 0.0230. The molecule has 5 heteroatoms. The summed E-state index contributed by atoms with van der Waals surface area (Å²) in [7, 11) is 0. The molecule has 0 bridgehead atoms. The fraction of sp³-hybridized carbons (Fsp3) is 0.263. The zero-order valence-electron chi connectivity index (χ0n) is 13.3. The Balaban J connectivity index is 1.48. The number of hydrogen-bond acceptors (Lipinski definition) is 4. The van der Waals surface area contributed by atoms with Crippen LogP contribution in [0, 0.1) is 5.92 Å². The van der Waals surface area contributed by atoms with Crippen molar-refractivity contribution in [2.24, 2.45) is 5.92 Å². The molecule has 1 saturated heterocycles. The molecule has 1 aliphatic rings. The molecule has 5 nitrogen and oxygen atoms in total.